The van der Waals surface area contributed by atoms with E-state index >= 15 is 0 Å². The summed E-state index contributed by atoms with van der Waals surface area (Å²) in [4.78, 5) is 4.26. The van der Waals surface area contributed by atoms with E-state index in [0.717, 1.165) is 16.7 Å². The molecule has 0 spiro atoms. The zero-order valence-corrected chi connectivity index (χ0v) is 18.8. The van der Waals surface area contributed by atoms with Gasteiger partial charge in [0, 0.05) is 22.9 Å². The van der Waals surface area contributed by atoms with E-state index < -0.39 is 16.3 Å². The minimum atomic E-state index is -3.80. The molecular formula is C22H19N5O4S2. The van der Waals surface area contributed by atoms with Gasteiger partial charge in [-0.25, -0.2) is 23.2 Å². The molecule has 9 nitrogen and oxygen atoms in total. The Morgan fingerprint density at radius 2 is 1.82 bits per heavy atom. The molecule has 0 aliphatic rings. The first-order chi connectivity index (χ1) is 15.8. The maximum Gasteiger partial charge on any atom is 0.238 e. The SMILES string of the molecule is N#CCc1c(Cc2ccc(S(N)(=O)=O)cc2)c(-c2ccccc2)nn1-c1nc(C(O)O)cs1. The number of aromatic nitrogens is 3. The molecule has 0 amide bonds. The van der Waals surface area contributed by atoms with Crippen LogP contribution >= 0.6 is 11.3 Å². The number of thiazole rings is 1. The summed E-state index contributed by atoms with van der Waals surface area (Å²) in [5.41, 5.74) is 3.79. The summed E-state index contributed by atoms with van der Waals surface area (Å²) in [5, 5.41) is 40.2. The summed E-state index contributed by atoms with van der Waals surface area (Å²) in [7, 11) is -3.80. The quantitative estimate of drug-likeness (QED) is 0.342. The minimum Gasteiger partial charge on any atom is -0.363 e. The molecule has 2 heterocycles. The highest BCUT2D eigenvalue weighted by atomic mass is 32.2. The highest BCUT2D eigenvalue weighted by Crippen LogP contribution is 2.31. The summed E-state index contributed by atoms with van der Waals surface area (Å²) in [5.74, 6) is 0. The van der Waals surface area contributed by atoms with Crippen LogP contribution in [0.5, 0.6) is 0 Å². The van der Waals surface area contributed by atoms with Gasteiger partial charge in [-0.05, 0) is 17.7 Å². The second-order valence-corrected chi connectivity index (χ2v) is 9.58. The predicted octanol–water partition coefficient (Wildman–Crippen LogP) is 2.28. The number of primary sulfonamides is 1. The van der Waals surface area contributed by atoms with Gasteiger partial charge < -0.3 is 10.2 Å². The second kappa shape index (κ2) is 9.22. The van der Waals surface area contributed by atoms with Crippen LogP contribution in [0.4, 0.5) is 0 Å². The van der Waals surface area contributed by atoms with Crippen LogP contribution in [0, 0.1) is 11.3 Å². The normalized spacial score (nSPS) is 11.6. The summed E-state index contributed by atoms with van der Waals surface area (Å²) in [6.45, 7) is 0. The van der Waals surface area contributed by atoms with E-state index in [1.165, 1.54) is 28.8 Å². The molecule has 0 radical (unpaired) electrons. The van der Waals surface area contributed by atoms with Gasteiger partial charge in [0.2, 0.25) is 15.2 Å². The first-order valence-electron chi connectivity index (χ1n) is 9.74. The molecule has 4 aromatic rings. The van der Waals surface area contributed by atoms with Gasteiger partial charge >= 0.3 is 0 Å². The molecule has 0 saturated heterocycles. The molecule has 168 valence electrons. The third kappa shape index (κ3) is 4.85. The van der Waals surface area contributed by atoms with Crippen LogP contribution in [0.25, 0.3) is 16.4 Å². The number of hydrogen-bond donors (Lipinski definition) is 3. The maximum atomic E-state index is 11.6. The van der Waals surface area contributed by atoms with Crippen molar-refractivity contribution >= 4 is 21.4 Å². The first-order valence-corrected chi connectivity index (χ1v) is 12.2. The van der Waals surface area contributed by atoms with Gasteiger partial charge in [-0.2, -0.15) is 10.4 Å². The van der Waals surface area contributed by atoms with Gasteiger partial charge in [0.1, 0.15) is 5.69 Å². The van der Waals surface area contributed by atoms with Gasteiger partial charge in [0.15, 0.2) is 6.29 Å². The van der Waals surface area contributed by atoms with Gasteiger partial charge in [0.05, 0.1) is 28.8 Å². The molecule has 0 saturated carbocycles. The fourth-order valence-corrected chi connectivity index (χ4v) is 4.73. The molecular weight excluding hydrogens is 462 g/mol. The number of nitriles is 1. The van der Waals surface area contributed by atoms with Crippen LogP contribution in [0.15, 0.2) is 64.9 Å². The smallest absolute Gasteiger partial charge is 0.238 e. The fourth-order valence-electron chi connectivity index (χ4n) is 3.41. The van der Waals surface area contributed by atoms with Crippen LogP contribution in [0.3, 0.4) is 0 Å². The number of nitrogens with zero attached hydrogens (tertiary/aromatic N) is 4. The summed E-state index contributed by atoms with van der Waals surface area (Å²) in [6, 6.07) is 17.9. The van der Waals surface area contributed by atoms with E-state index in [9.17, 15) is 23.9 Å². The molecule has 0 atom stereocenters. The number of sulfonamides is 1. The summed E-state index contributed by atoms with van der Waals surface area (Å²) < 4.78 is 24.7. The van der Waals surface area contributed by atoms with Gasteiger partial charge in [-0.1, -0.05) is 42.5 Å². The molecule has 4 N–H and O–H groups in total. The predicted molar refractivity (Wildman–Crippen MR) is 122 cm³/mol. The number of hydrogen-bond acceptors (Lipinski definition) is 8. The second-order valence-electron chi connectivity index (χ2n) is 7.18. The molecule has 11 heteroatoms. The van der Waals surface area contributed by atoms with Crippen molar-refractivity contribution in [1.29, 1.82) is 5.26 Å². The molecule has 0 unspecified atom stereocenters. The van der Waals surface area contributed by atoms with Gasteiger partial charge in [0.25, 0.3) is 0 Å². The molecule has 2 aromatic heterocycles. The number of benzene rings is 2. The Morgan fingerprint density at radius 1 is 1.12 bits per heavy atom. The summed E-state index contributed by atoms with van der Waals surface area (Å²) in [6.07, 6.45) is -1.29. The zero-order chi connectivity index (χ0) is 23.6. The lowest BCUT2D eigenvalue weighted by Crippen LogP contribution is -2.12. The monoisotopic (exact) mass is 481 g/mol. The Kier molecular flexibility index (Phi) is 6.37. The Hall–Kier alpha value is -3.40. The van der Waals surface area contributed by atoms with Crippen molar-refractivity contribution < 1.29 is 18.6 Å². The van der Waals surface area contributed by atoms with Crippen molar-refractivity contribution in [3.8, 4) is 22.5 Å². The standard InChI is InChI=1S/C22H19N5O4S2/c23-11-10-19-17(12-14-6-8-16(9-7-14)33(24,30)31)20(15-4-2-1-3-5-15)26-27(19)22-25-18(13-32-22)21(28)29/h1-9,13,21,28-29H,10,12H2,(H2,24,30,31). The van der Waals surface area contributed by atoms with Crippen molar-refractivity contribution in [1.82, 2.24) is 14.8 Å². The van der Waals surface area contributed by atoms with Crippen LogP contribution in [0.2, 0.25) is 0 Å². The average molecular weight is 482 g/mol. The fraction of sp³-hybridized carbons (Fsp3) is 0.136. The van der Waals surface area contributed by atoms with Crippen LogP contribution < -0.4 is 5.14 Å². The topological polar surface area (TPSA) is 155 Å². The maximum absolute atomic E-state index is 11.6. The number of nitrogens with two attached hydrogens (primary N) is 1. The lowest BCUT2D eigenvalue weighted by Gasteiger charge is -2.07. The lowest BCUT2D eigenvalue weighted by molar-refractivity contribution is -0.0454. The van der Waals surface area contributed by atoms with Crippen LogP contribution in [0.1, 0.15) is 28.8 Å². The van der Waals surface area contributed by atoms with E-state index in [1.807, 2.05) is 30.3 Å². The van der Waals surface area contributed by atoms with Crippen molar-refractivity contribution in [3.05, 3.63) is 82.5 Å². The zero-order valence-electron chi connectivity index (χ0n) is 17.2. The Balaban J connectivity index is 1.86. The largest absolute Gasteiger partial charge is 0.363 e. The summed E-state index contributed by atoms with van der Waals surface area (Å²) >= 11 is 1.18. The minimum absolute atomic E-state index is 0.0142. The molecule has 0 bridgehead atoms. The van der Waals surface area contributed by atoms with Crippen LogP contribution in [-0.4, -0.2) is 33.4 Å². The third-order valence-electron chi connectivity index (χ3n) is 4.97. The van der Waals surface area contributed by atoms with E-state index in [4.69, 9.17) is 10.2 Å². The van der Waals surface area contributed by atoms with Crippen LogP contribution in [-0.2, 0) is 22.9 Å². The lowest BCUT2D eigenvalue weighted by atomic mass is 9.98. The highest BCUT2D eigenvalue weighted by Gasteiger charge is 2.22. The van der Waals surface area contributed by atoms with Crippen molar-refractivity contribution in [3.63, 3.8) is 0 Å². The third-order valence-corrected chi connectivity index (χ3v) is 6.74. The number of rotatable bonds is 7. The Bertz CT molecular complexity index is 1420. The van der Waals surface area contributed by atoms with E-state index in [-0.39, 0.29) is 17.0 Å². The van der Waals surface area contributed by atoms with E-state index in [0.29, 0.717) is 22.9 Å². The number of aliphatic hydroxyl groups is 2. The molecule has 0 aliphatic carbocycles. The van der Waals surface area contributed by atoms with E-state index in [2.05, 4.69) is 11.1 Å². The van der Waals surface area contributed by atoms with Gasteiger partial charge in [-0.15, -0.1) is 11.3 Å². The molecule has 0 aliphatic heterocycles. The van der Waals surface area contributed by atoms with E-state index in [1.54, 1.807) is 16.8 Å². The van der Waals surface area contributed by atoms with Crippen molar-refractivity contribution in [2.24, 2.45) is 5.14 Å². The Morgan fingerprint density at radius 3 is 2.39 bits per heavy atom. The number of aliphatic hydroxyl groups excluding tert-OH is 1. The molecule has 2 aromatic carbocycles. The molecule has 0 fully saturated rings. The van der Waals surface area contributed by atoms with Crippen molar-refractivity contribution in [2.75, 3.05) is 0 Å². The Labute approximate surface area is 194 Å². The first kappa shape index (κ1) is 22.8. The van der Waals surface area contributed by atoms with Gasteiger partial charge in [-0.3, -0.25) is 0 Å². The average Bonchev–Trinajstić information content (AvgIpc) is 3.40. The molecule has 33 heavy (non-hydrogen) atoms. The highest BCUT2D eigenvalue weighted by molar-refractivity contribution is 7.89. The molecule has 4 rings (SSSR count). The van der Waals surface area contributed by atoms with Crippen molar-refractivity contribution in [2.45, 2.75) is 24.0 Å².